The van der Waals surface area contributed by atoms with Crippen LogP contribution in [-0.4, -0.2) is 86.4 Å². The molecule has 5 rings (SSSR count). The first kappa shape index (κ1) is 29.2. The van der Waals surface area contributed by atoms with Crippen LogP contribution in [0.1, 0.15) is 58.1 Å². The molecule has 2 N–H and O–H groups in total. The zero-order valence-corrected chi connectivity index (χ0v) is 24.0. The van der Waals surface area contributed by atoms with Crippen LogP contribution in [0.25, 0.3) is 22.2 Å². The van der Waals surface area contributed by atoms with E-state index in [1.807, 2.05) is 20.8 Å². The van der Waals surface area contributed by atoms with Gasteiger partial charge in [-0.15, -0.1) is 0 Å². The number of ether oxygens (including phenoxy) is 1. The van der Waals surface area contributed by atoms with Crippen molar-refractivity contribution in [1.82, 2.24) is 24.3 Å². The first-order valence-corrected chi connectivity index (χ1v) is 14.4. The van der Waals surface area contributed by atoms with Gasteiger partial charge in [0, 0.05) is 62.1 Å². The molecule has 1 aliphatic carbocycles. The van der Waals surface area contributed by atoms with Gasteiger partial charge in [0.1, 0.15) is 11.2 Å². The topological polar surface area (TPSA) is 95.8 Å². The molecule has 2 aliphatic rings. The standard InChI is InChI=1S/C30H40F2N6O3/c1-30(2,3)41-29(40)37-14-12-36(13-15-37)18-20-4-6-21(7-5-20)25-19-38(22-8-10-23(39)11-9-22)27-24(25)16-33-28(35-27)34-17-26(31)32/h4-7,16,19,22-23,26,39H,8-15,17-18H2,1-3H3,(H,33,34,35)/t22-,23-. The molecule has 0 unspecified atom stereocenters. The summed E-state index contributed by atoms with van der Waals surface area (Å²) in [5, 5.41) is 13.5. The molecule has 0 atom stereocenters. The summed E-state index contributed by atoms with van der Waals surface area (Å²) >= 11 is 0. The third kappa shape index (κ3) is 7.32. The number of carbonyl (C=O) groups excluding carboxylic acids is 1. The van der Waals surface area contributed by atoms with E-state index in [0.717, 1.165) is 61.8 Å². The molecule has 1 saturated heterocycles. The molecule has 9 nitrogen and oxygen atoms in total. The highest BCUT2D eigenvalue weighted by molar-refractivity contribution is 5.94. The van der Waals surface area contributed by atoms with Crippen LogP contribution in [0, 0.1) is 0 Å². The van der Waals surface area contributed by atoms with Crippen LogP contribution in [-0.2, 0) is 11.3 Å². The number of hydrogen-bond acceptors (Lipinski definition) is 7. The maximum atomic E-state index is 12.8. The van der Waals surface area contributed by atoms with Crippen LogP contribution in [0.15, 0.2) is 36.7 Å². The summed E-state index contributed by atoms with van der Waals surface area (Å²) in [4.78, 5) is 25.4. The van der Waals surface area contributed by atoms with Crippen molar-refractivity contribution in [2.24, 2.45) is 0 Å². The lowest BCUT2D eigenvalue weighted by molar-refractivity contribution is 0.0139. The van der Waals surface area contributed by atoms with Crippen LogP contribution in [0.4, 0.5) is 19.5 Å². The Morgan fingerprint density at radius 2 is 1.78 bits per heavy atom. The zero-order chi connectivity index (χ0) is 29.1. The molecular formula is C30H40F2N6O3. The summed E-state index contributed by atoms with van der Waals surface area (Å²) in [5.74, 6) is 0.182. The predicted molar refractivity (Wildman–Crippen MR) is 154 cm³/mol. The lowest BCUT2D eigenvalue weighted by atomic mass is 9.93. The third-order valence-electron chi connectivity index (χ3n) is 7.74. The lowest BCUT2D eigenvalue weighted by Crippen LogP contribution is -2.49. The number of nitrogens with one attached hydrogen (secondary N) is 1. The Morgan fingerprint density at radius 1 is 1.10 bits per heavy atom. The first-order valence-electron chi connectivity index (χ1n) is 14.4. The normalized spacial score (nSPS) is 20.5. The van der Waals surface area contributed by atoms with Crippen molar-refractivity contribution in [1.29, 1.82) is 0 Å². The summed E-state index contributed by atoms with van der Waals surface area (Å²) < 4.78 is 33.2. The molecule has 0 bridgehead atoms. The second-order valence-corrected chi connectivity index (χ2v) is 12.1. The van der Waals surface area contributed by atoms with Gasteiger partial charge in [0.05, 0.1) is 12.6 Å². The maximum Gasteiger partial charge on any atom is 0.410 e. The minimum atomic E-state index is -2.50. The highest BCUT2D eigenvalue weighted by Crippen LogP contribution is 2.37. The SMILES string of the molecule is CC(C)(C)OC(=O)N1CCN(Cc2ccc(-c3cn([C@H]4CC[C@H](O)CC4)c4nc(NCC(F)F)ncc34)cc2)CC1. The second kappa shape index (κ2) is 12.3. The van der Waals surface area contributed by atoms with Crippen LogP contribution in [0.3, 0.4) is 0 Å². The number of alkyl halides is 2. The molecule has 3 aromatic rings. The van der Waals surface area contributed by atoms with Gasteiger partial charge in [-0.3, -0.25) is 4.90 Å². The van der Waals surface area contributed by atoms with Gasteiger partial charge in [-0.25, -0.2) is 18.6 Å². The lowest BCUT2D eigenvalue weighted by Gasteiger charge is -2.35. The van der Waals surface area contributed by atoms with Gasteiger partial charge in [-0.2, -0.15) is 4.98 Å². The van der Waals surface area contributed by atoms with Crippen LogP contribution in [0.2, 0.25) is 0 Å². The number of nitrogens with zero attached hydrogens (tertiary/aromatic N) is 5. The molecule has 41 heavy (non-hydrogen) atoms. The fraction of sp³-hybridized carbons (Fsp3) is 0.567. The van der Waals surface area contributed by atoms with Crippen LogP contribution in [0.5, 0.6) is 0 Å². The zero-order valence-electron chi connectivity index (χ0n) is 24.0. The highest BCUT2D eigenvalue weighted by atomic mass is 19.3. The minimum absolute atomic E-state index is 0.172. The summed E-state index contributed by atoms with van der Waals surface area (Å²) in [7, 11) is 0. The van der Waals surface area contributed by atoms with Gasteiger partial charge in [-0.1, -0.05) is 24.3 Å². The quantitative estimate of drug-likeness (QED) is 0.398. The smallest absolute Gasteiger partial charge is 0.410 e. The van der Waals surface area contributed by atoms with Crippen molar-refractivity contribution in [2.45, 2.75) is 77.2 Å². The second-order valence-electron chi connectivity index (χ2n) is 12.1. The summed E-state index contributed by atoms with van der Waals surface area (Å²) in [6.45, 7) is 8.75. The molecular weight excluding hydrogens is 530 g/mol. The van der Waals surface area contributed by atoms with E-state index in [2.05, 4.69) is 55.2 Å². The van der Waals surface area contributed by atoms with E-state index in [-0.39, 0.29) is 24.2 Å². The van der Waals surface area contributed by atoms with Gasteiger partial charge >= 0.3 is 6.09 Å². The molecule has 1 aromatic carbocycles. The Bertz CT molecular complexity index is 1320. The molecule has 2 aromatic heterocycles. The highest BCUT2D eigenvalue weighted by Gasteiger charge is 2.27. The van der Waals surface area contributed by atoms with Crippen molar-refractivity contribution >= 4 is 23.1 Å². The molecule has 11 heteroatoms. The molecule has 1 aliphatic heterocycles. The van der Waals surface area contributed by atoms with E-state index in [9.17, 15) is 18.7 Å². The van der Waals surface area contributed by atoms with Crippen molar-refractivity contribution in [2.75, 3.05) is 38.0 Å². The maximum absolute atomic E-state index is 12.8. The fourth-order valence-corrected chi connectivity index (χ4v) is 5.59. The number of benzene rings is 1. The number of carbonyl (C=O) groups is 1. The third-order valence-corrected chi connectivity index (χ3v) is 7.74. The van der Waals surface area contributed by atoms with E-state index in [0.29, 0.717) is 18.7 Å². The minimum Gasteiger partial charge on any atom is -0.444 e. The monoisotopic (exact) mass is 570 g/mol. The number of anilines is 1. The van der Waals surface area contributed by atoms with Gasteiger partial charge in [0.2, 0.25) is 5.95 Å². The number of fused-ring (bicyclic) bond motifs is 1. The Morgan fingerprint density at radius 3 is 2.41 bits per heavy atom. The van der Waals surface area contributed by atoms with E-state index in [1.165, 1.54) is 5.56 Å². The Labute approximate surface area is 239 Å². The molecule has 1 saturated carbocycles. The molecule has 0 spiro atoms. The van der Waals surface area contributed by atoms with Crippen LogP contribution < -0.4 is 5.32 Å². The molecule has 0 radical (unpaired) electrons. The van der Waals surface area contributed by atoms with Crippen LogP contribution >= 0.6 is 0 Å². The van der Waals surface area contributed by atoms with Gasteiger partial charge in [0.25, 0.3) is 6.43 Å². The number of aromatic nitrogens is 3. The van der Waals surface area contributed by atoms with Gasteiger partial charge in [-0.05, 0) is 57.6 Å². The Balaban J connectivity index is 1.30. The summed E-state index contributed by atoms with van der Waals surface area (Å²) in [6.07, 6.45) is 3.86. The van der Waals surface area contributed by atoms with E-state index >= 15 is 0 Å². The molecule has 222 valence electrons. The Hall–Kier alpha value is -3.31. The van der Waals surface area contributed by atoms with E-state index in [4.69, 9.17) is 4.74 Å². The molecule has 1 amide bonds. The number of piperazine rings is 1. The first-order chi connectivity index (χ1) is 19.6. The number of amides is 1. The van der Waals surface area contributed by atoms with Crippen molar-refractivity contribution in [3.05, 3.63) is 42.2 Å². The largest absolute Gasteiger partial charge is 0.444 e. The molecule has 2 fully saturated rings. The average Bonchev–Trinajstić information content (AvgIpc) is 3.31. The Kier molecular flexibility index (Phi) is 8.74. The van der Waals surface area contributed by atoms with E-state index in [1.54, 1.807) is 11.1 Å². The number of hydrogen-bond donors (Lipinski definition) is 2. The van der Waals surface area contributed by atoms with Crippen molar-refractivity contribution < 1.29 is 23.4 Å². The fourth-order valence-electron chi connectivity index (χ4n) is 5.59. The number of halogens is 2. The van der Waals surface area contributed by atoms with Crippen molar-refractivity contribution in [3.8, 4) is 11.1 Å². The summed E-state index contributed by atoms with van der Waals surface area (Å²) in [6, 6.07) is 8.61. The average molecular weight is 571 g/mol. The molecule has 3 heterocycles. The van der Waals surface area contributed by atoms with E-state index < -0.39 is 18.6 Å². The number of rotatable bonds is 7. The van der Waals surface area contributed by atoms with Crippen molar-refractivity contribution in [3.63, 3.8) is 0 Å². The van der Waals surface area contributed by atoms with Gasteiger partial charge in [0.15, 0.2) is 0 Å². The predicted octanol–water partition coefficient (Wildman–Crippen LogP) is 5.30. The number of aliphatic hydroxyl groups excluding tert-OH is 1. The van der Waals surface area contributed by atoms with Gasteiger partial charge < -0.3 is 24.6 Å². The number of aliphatic hydroxyl groups is 1. The summed E-state index contributed by atoms with van der Waals surface area (Å²) in [5.41, 5.74) is 3.41.